The van der Waals surface area contributed by atoms with Crippen LogP contribution >= 0.6 is 11.6 Å². The lowest BCUT2D eigenvalue weighted by Crippen LogP contribution is -2.10. The molecule has 0 spiro atoms. The summed E-state index contributed by atoms with van der Waals surface area (Å²) < 4.78 is 12.9. The summed E-state index contributed by atoms with van der Waals surface area (Å²) in [7, 11) is 0. The third kappa shape index (κ3) is 2.59. The molecule has 92 valence electrons. The summed E-state index contributed by atoms with van der Waals surface area (Å²) in [5, 5.41) is -0.462. The molecule has 0 fully saturated rings. The largest absolute Gasteiger partial charge is 0.280 e. The quantitative estimate of drug-likeness (QED) is 0.763. The van der Waals surface area contributed by atoms with Gasteiger partial charge in [-0.1, -0.05) is 36.4 Å². The summed E-state index contributed by atoms with van der Waals surface area (Å²) in [4.78, 5) is 11.7. The second-order valence-corrected chi connectivity index (χ2v) is 4.52. The van der Waals surface area contributed by atoms with Crippen molar-refractivity contribution in [2.24, 2.45) is 0 Å². The first kappa shape index (κ1) is 12.8. The molecule has 0 radical (unpaired) electrons. The number of benzene rings is 2. The maximum Gasteiger partial charge on any atom is 0.233 e. The average Bonchev–Trinajstić information content (AvgIpc) is 2.34. The minimum atomic E-state index is -0.548. The Bertz CT molecular complexity index is 563. The Morgan fingerprint density at radius 2 is 1.72 bits per heavy atom. The highest BCUT2D eigenvalue weighted by Gasteiger charge is 2.22. The Hall–Kier alpha value is -1.67. The monoisotopic (exact) mass is 262 g/mol. The zero-order chi connectivity index (χ0) is 13.1. The second-order valence-electron chi connectivity index (χ2n) is 4.15. The van der Waals surface area contributed by atoms with E-state index >= 15 is 0 Å². The molecule has 0 aliphatic carbocycles. The van der Waals surface area contributed by atoms with Gasteiger partial charge >= 0.3 is 0 Å². The van der Waals surface area contributed by atoms with Crippen LogP contribution in [-0.2, 0) is 4.79 Å². The van der Waals surface area contributed by atoms with E-state index in [2.05, 4.69) is 0 Å². The molecule has 0 heterocycles. The molecule has 1 unspecified atom stereocenters. The van der Waals surface area contributed by atoms with Gasteiger partial charge < -0.3 is 0 Å². The van der Waals surface area contributed by atoms with Crippen LogP contribution in [-0.4, -0.2) is 5.24 Å². The minimum Gasteiger partial charge on any atom is -0.280 e. The maximum atomic E-state index is 12.9. The second kappa shape index (κ2) is 5.32. The SMILES string of the molecule is Cc1ccccc1C(C(=O)Cl)c1ccc(F)cc1. The minimum absolute atomic E-state index is 0.329. The van der Waals surface area contributed by atoms with Gasteiger partial charge in [0.25, 0.3) is 0 Å². The van der Waals surface area contributed by atoms with E-state index in [-0.39, 0.29) is 5.82 Å². The smallest absolute Gasteiger partial charge is 0.233 e. The Kier molecular flexibility index (Phi) is 3.78. The fourth-order valence-corrected chi connectivity index (χ4v) is 2.24. The third-order valence-electron chi connectivity index (χ3n) is 2.93. The standard InChI is InChI=1S/C15H12ClFO/c1-10-4-2-3-5-13(10)14(15(16)18)11-6-8-12(17)9-7-11/h2-9,14H,1H3. The van der Waals surface area contributed by atoms with Crippen molar-refractivity contribution in [3.05, 3.63) is 71.0 Å². The first-order valence-corrected chi connectivity index (χ1v) is 5.97. The van der Waals surface area contributed by atoms with Crippen molar-refractivity contribution in [2.45, 2.75) is 12.8 Å². The van der Waals surface area contributed by atoms with Gasteiger partial charge in [0, 0.05) is 0 Å². The number of halogens is 2. The van der Waals surface area contributed by atoms with Gasteiger partial charge in [-0.3, -0.25) is 4.79 Å². The van der Waals surface area contributed by atoms with Crippen molar-refractivity contribution in [3.8, 4) is 0 Å². The molecule has 0 amide bonds. The molecule has 0 N–H and O–H groups in total. The Labute approximate surface area is 110 Å². The van der Waals surface area contributed by atoms with Crippen molar-refractivity contribution in [1.82, 2.24) is 0 Å². The summed E-state index contributed by atoms with van der Waals surface area (Å²) in [6.07, 6.45) is 0. The van der Waals surface area contributed by atoms with E-state index in [0.717, 1.165) is 11.1 Å². The molecule has 18 heavy (non-hydrogen) atoms. The molecule has 0 saturated carbocycles. The lowest BCUT2D eigenvalue weighted by Gasteiger charge is -2.15. The lowest BCUT2D eigenvalue weighted by molar-refractivity contribution is -0.112. The highest BCUT2D eigenvalue weighted by molar-refractivity contribution is 6.65. The molecule has 3 heteroatoms. The van der Waals surface area contributed by atoms with Crippen molar-refractivity contribution in [3.63, 3.8) is 0 Å². The highest BCUT2D eigenvalue weighted by atomic mass is 35.5. The van der Waals surface area contributed by atoms with Gasteiger partial charge in [-0.15, -0.1) is 0 Å². The number of hydrogen-bond acceptors (Lipinski definition) is 1. The number of rotatable bonds is 3. The van der Waals surface area contributed by atoms with E-state index < -0.39 is 11.2 Å². The van der Waals surface area contributed by atoms with Gasteiger partial charge in [-0.2, -0.15) is 0 Å². The van der Waals surface area contributed by atoms with Crippen molar-refractivity contribution in [1.29, 1.82) is 0 Å². The van der Waals surface area contributed by atoms with Gasteiger partial charge in [-0.25, -0.2) is 4.39 Å². The third-order valence-corrected chi connectivity index (χ3v) is 3.15. The first-order chi connectivity index (χ1) is 8.59. The van der Waals surface area contributed by atoms with Gasteiger partial charge in [-0.05, 0) is 47.3 Å². The molecule has 2 rings (SSSR count). The van der Waals surface area contributed by atoms with Crippen LogP contribution < -0.4 is 0 Å². The van der Waals surface area contributed by atoms with Gasteiger partial charge in [0.2, 0.25) is 5.24 Å². The summed E-state index contributed by atoms with van der Waals surface area (Å²) in [5.41, 5.74) is 2.54. The predicted molar refractivity (Wildman–Crippen MR) is 70.3 cm³/mol. The van der Waals surface area contributed by atoms with Crippen LogP contribution in [0.25, 0.3) is 0 Å². The number of carbonyl (C=O) groups is 1. The van der Waals surface area contributed by atoms with Crippen LogP contribution in [0.2, 0.25) is 0 Å². The zero-order valence-corrected chi connectivity index (χ0v) is 10.6. The molecule has 1 atom stereocenters. The first-order valence-electron chi connectivity index (χ1n) is 5.60. The Morgan fingerprint density at radius 1 is 1.11 bits per heavy atom. The van der Waals surface area contributed by atoms with E-state index in [9.17, 15) is 9.18 Å². The van der Waals surface area contributed by atoms with Gasteiger partial charge in [0.1, 0.15) is 5.82 Å². The average molecular weight is 263 g/mol. The van der Waals surface area contributed by atoms with E-state index in [1.165, 1.54) is 12.1 Å². The summed E-state index contributed by atoms with van der Waals surface area (Å²) in [5.74, 6) is -0.877. The zero-order valence-electron chi connectivity index (χ0n) is 9.86. The summed E-state index contributed by atoms with van der Waals surface area (Å²) >= 11 is 5.69. The van der Waals surface area contributed by atoms with E-state index in [1.807, 2.05) is 31.2 Å². The van der Waals surface area contributed by atoms with Crippen molar-refractivity contribution < 1.29 is 9.18 Å². The molecule has 2 aromatic carbocycles. The highest BCUT2D eigenvalue weighted by Crippen LogP contribution is 2.29. The molecular formula is C15H12ClFO. The molecular weight excluding hydrogens is 251 g/mol. The van der Waals surface area contributed by atoms with E-state index in [4.69, 9.17) is 11.6 Å². The topological polar surface area (TPSA) is 17.1 Å². The van der Waals surface area contributed by atoms with E-state index in [0.29, 0.717) is 5.56 Å². The molecule has 0 aliphatic heterocycles. The van der Waals surface area contributed by atoms with Crippen LogP contribution in [0.3, 0.4) is 0 Å². The number of aryl methyl sites for hydroxylation is 1. The fourth-order valence-electron chi connectivity index (χ4n) is 2.00. The molecule has 0 aliphatic rings. The summed E-state index contributed by atoms with van der Waals surface area (Å²) in [6, 6.07) is 13.4. The predicted octanol–water partition coefficient (Wildman–Crippen LogP) is 4.03. The molecule has 0 saturated heterocycles. The Balaban J connectivity index is 2.50. The fraction of sp³-hybridized carbons (Fsp3) is 0.133. The normalized spacial score (nSPS) is 12.2. The van der Waals surface area contributed by atoms with Crippen LogP contribution in [0.1, 0.15) is 22.6 Å². The van der Waals surface area contributed by atoms with Crippen LogP contribution in [0, 0.1) is 12.7 Å². The number of hydrogen-bond donors (Lipinski definition) is 0. The van der Waals surface area contributed by atoms with Crippen molar-refractivity contribution in [2.75, 3.05) is 0 Å². The van der Waals surface area contributed by atoms with Gasteiger partial charge in [0.05, 0.1) is 5.92 Å². The van der Waals surface area contributed by atoms with Gasteiger partial charge in [0.15, 0.2) is 0 Å². The van der Waals surface area contributed by atoms with E-state index in [1.54, 1.807) is 12.1 Å². The molecule has 1 nitrogen and oxygen atoms in total. The van der Waals surface area contributed by atoms with Crippen LogP contribution in [0.15, 0.2) is 48.5 Å². The molecule has 2 aromatic rings. The number of carbonyl (C=O) groups excluding carboxylic acids is 1. The van der Waals surface area contributed by atoms with Crippen LogP contribution in [0.5, 0.6) is 0 Å². The summed E-state index contributed by atoms with van der Waals surface area (Å²) in [6.45, 7) is 1.92. The maximum absolute atomic E-state index is 12.9. The molecule has 0 aromatic heterocycles. The lowest BCUT2D eigenvalue weighted by atomic mass is 9.89. The van der Waals surface area contributed by atoms with Crippen LogP contribution in [0.4, 0.5) is 4.39 Å². The molecule has 0 bridgehead atoms. The Morgan fingerprint density at radius 3 is 2.28 bits per heavy atom. The van der Waals surface area contributed by atoms with Crippen molar-refractivity contribution >= 4 is 16.8 Å².